The zero-order chi connectivity index (χ0) is 17.3. The maximum absolute atomic E-state index is 2.27. The van der Waals surface area contributed by atoms with E-state index >= 15 is 0 Å². The van der Waals surface area contributed by atoms with E-state index in [9.17, 15) is 0 Å². The van der Waals surface area contributed by atoms with Gasteiger partial charge in [0.25, 0.3) is 11.3 Å². The van der Waals surface area contributed by atoms with E-state index in [0.29, 0.717) is 0 Å². The molecular formula is C22H20N4+2. The lowest BCUT2D eigenvalue weighted by Gasteiger charge is -2.03. The SMILES string of the molecule is c1ccn2cc[n+](Cc3ccc(C[n+]4ccn5ccccc54)cc3)c2c1. The van der Waals surface area contributed by atoms with Gasteiger partial charge in [0.05, 0.1) is 12.4 Å². The van der Waals surface area contributed by atoms with Crippen molar-refractivity contribution in [3.05, 3.63) is 109 Å². The minimum atomic E-state index is 0.878. The van der Waals surface area contributed by atoms with E-state index in [0.717, 1.165) is 13.1 Å². The molecule has 0 N–H and O–H groups in total. The Morgan fingerprint density at radius 2 is 1.00 bits per heavy atom. The molecule has 5 aromatic rings. The molecule has 0 saturated heterocycles. The molecule has 0 amide bonds. The van der Waals surface area contributed by atoms with Gasteiger partial charge in [-0.25, -0.2) is 17.9 Å². The largest absolute Gasteiger partial charge is 0.286 e. The van der Waals surface area contributed by atoms with E-state index in [1.165, 1.54) is 22.4 Å². The minimum Gasteiger partial charge on any atom is -0.226 e. The predicted octanol–water partition coefficient (Wildman–Crippen LogP) is 2.86. The summed E-state index contributed by atoms with van der Waals surface area (Å²) < 4.78 is 8.82. The Kier molecular flexibility index (Phi) is 3.53. The average Bonchev–Trinajstić information content (AvgIpc) is 3.28. The fraction of sp³-hybridized carbons (Fsp3) is 0.0909. The van der Waals surface area contributed by atoms with Crippen molar-refractivity contribution >= 4 is 11.3 Å². The van der Waals surface area contributed by atoms with E-state index in [2.05, 4.69) is 116 Å². The van der Waals surface area contributed by atoms with E-state index < -0.39 is 0 Å². The van der Waals surface area contributed by atoms with Crippen LogP contribution in [0.15, 0.2) is 97.8 Å². The summed E-state index contributed by atoms with van der Waals surface area (Å²) in [6.45, 7) is 1.76. The van der Waals surface area contributed by atoms with Gasteiger partial charge in [-0.1, -0.05) is 36.4 Å². The number of nitrogens with zero attached hydrogens (tertiary/aromatic N) is 4. The average molecular weight is 340 g/mol. The summed E-state index contributed by atoms with van der Waals surface area (Å²) in [5.41, 5.74) is 5.02. The highest BCUT2D eigenvalue weighted by Crippen LogP contribution is 2.07. The van der Waals surface area contributed by atoms with Gasteiger partial charge in [0, 0.05) is 12.1 Å². The standard InChI is InChI=1S/C22H20N4/c1-3-11-23-13-15-25(21(23)5-1)17-19-7-9-20(10-8-19)18-26-16-14-24-12-4-2-6-22(24)26/h1-16H,17-18H2/q+2. The first-order valence-electron chi connectivity index (χ1n) is 8.85. The normalized spacial score (nSPS) is 11.4. The highest BCUT2D eigenvalue weighted by atomic mass is 15.1. The van der Waals surface area contributed by atoms with Crippen molar-refractivity contribution in [1.82, 2.24) is 8.80 Å². The second-order valence-corrected chi connectivity index (χ2v) is 6.60. The Morgan fingerprint density at radius 1 is 0.538 bits per heavy atom. The first-order chi connectivity index (χ1) is 12.9. The van der Waals surface area contributed by atoms with Crippen molar-refractivity contribution in [2.45, 2.75) is 13.1 Å². The highest BCUT2D eigenvalue weighted by Gasteiger charge is 2.11. The number of hydrogen-bond acceptors (Lipinski definition) is 0. The van der Waals surface area contributed by atoms with Crippen molar-refractivity contribution in [3.63, 3.8) is 0 Å². The van der Waals surface area contributed by atoms with Crippen LogP contribution in [-0.4, -0.2) is 8.80 Å². The Labute approximate surface area is 151 Å². The zero-order valence-corrected chi connectivity index (χ0v) is 14.4. The van der Waals surface area contributed by atoms with Crippen LogP contribution in [0.25, 0.3) is 11.3 Å². The number of pyridine rings is 2. The summed E-state index contributed by atoms with van der Waals surface area (Å²) in [6.07, 6.45) is 12.6. The van der Waals surface area contributed by atoms with Gasteiger partial charge in [0.15, 0.2) is 0 Å². The van der Waals surface area contributed by atoms with E-state index in [4.69, 9.17) is 0 Å². The molecule has 0 unspecified atom stereocenters. The summed E-state index contributed by atoms with van der Waals surface area (Å²) in [4.78, 5) is 0. The lowest BCUT2D eigenvalue weighted by atomic mass is 10.1. The molecule has 126 valence electrons. The minimum absolute atomic E-state index is 0.878. The second kappa shape index (κ2) is 6.15. The summed E-state index contributed by atoms with van der Waals surface area (Å²) in [5, 5.41) is 0. The molecule has 0 bridgehead atoms. The summed E-state index contributed by atoms with van der Waals surface area (Å²) >= 11 is 0. The lowest BCUT2D eigenvalue weighted by molar-refractivity contribution is -0.662. The summed E-state index contributed by atoms with van der Waals surface area (Å²) in [7, 11) is 0. The van der Waals surface area contributed by atoms with Gasteiger partial charge in [-0.05, 0) is 23.3 Å². The molecule has 0 aliphatic rings. The fourth-order valence-corrected chi connectivity index (χ4v) is 3.50. The van der Waals surface area contributed by atoms with Crippen molar-refractivity contribution in [2.75, 3.05) is 0 Å². The number of rotatable bonds is 4. The lowest BCUT2D eigenvalue weighted by Crippen LogP contribution is -2.33. The molecule has 26 heavy (non-hydrogen) atoms. The van der Waals surface area contributed by atoms with Crippen molar-refractivity contribution in [3.8, 4) is 0 Å². The third-order valence-corrected chi connectivity index (χ3v) is 4.87. The third-order valence-electron chi connectivity index (χ3n) is 4.87. The van der Waals surface area contributed by atoms with Crippen LogP contribution in [0, 0.1) is 0 Å². The maximum Gasteiger partial charge on any atom is 0.286 e. The predicted molar refractivity (Wildman–Crippen MR) is 99.8 cm³/mol. The Morgan fingerprint density at radius 3 is 1.46 bits per heavy atom. The van der Waals surface area contributed by atoms with Gasteiger partial charge < -0.3 is 0 Å². The molecular weight excluding hydrogens is 320 g/mol. The quantitative estimate of drug-likeness (QED) is 0.448. The van der Waals surface area contributed by atoms with Crippen LogP contribution in [-0.2, 0) is 13.1 Å². The zero-order valence-electron chi connectivity index (χ0n) is 14.4. The topological polar surface area (TPSA) is 16.6 Å². The smallest absolute Gasteiger partial charge is 0.226 e. The number of imidazole rings is 2. The number of aromatic nitrogens is 4. The van der Waals surface area contributed by atoms with Crippen LogP contribution in [0.2, 0.25) is 0 Å². The van der Waals surface area contributed by atoms with Crippen LogP contribution in [0.1, 0.15) is 11.1 Å². The number of hydrogen-bond donors (Lipinski definition) is 0. The molecule has 0 radical (unpaired) electrons. The van der Waals surface area contributed by atoms with Gasteiger partial charge >= 0.3 is 0 Å². The van der Waals surface area contributed by atoms with Gasteiger partial charge in [-0.2, -0.15) is 0 Å². The summed E-state index contributed by atoms with van der Waals surface area (Å²) in [6, 6.07) is 21.5. The van der Waals surface area contributed by atoms with Crippen molar-refractivity contribution in [1.29, 1.82) is 0 Å². The molecule has 4 heteroatoms. The van der Waals surface area contributed by atoms with E-state index in [1.54, 1.807) is 0 Å². The molecule has 0 atom stereocenters. The van der Waals surface area contributed by atoms with Gasteiger partial charge in [-0.3, -0.25) is 0 Å². The number of fused-ring (bicyclic) bond motifs is 2. The van der Waals surface area contributed by atoms with E-state index in [-0.39, 0.29) is 0 Å². The number of benzene rings is 1. The van der Waals surface area contributed by atoms with Crippen LogP contribution in [0.3, 0.4) is 0 Å². The molecule has 4 aromatic heterocycles. The maximum atomic E-state index is 2.27. The van der Waals surface area contributed by atoms with Gasteiger partial charge in [-0.15, -0.1) is 0 Å². The molecule has 0 aliphatic carbocycles. The van der Waals surface area contributed by atoms with Crippen molar-refractivity contribution < 1.29 is 9.13 Å². The Balaban J connectivity index is 1.37. The summed E-state index contributed by atoms with van der Waals surface area (Å²) in [5.74, 6) is 0. The molecule has 0 aliphatic heterocycles. The van der Waals surface area contributed by atoms with Crippen LogP contribution < -0.4 is 9.13 Å². The Bertz CT molecular complexity index is 1090. The molecule has 1 aromatic carbocycles. The molecule has 0 saturated carbocycles. The second-order valence-electron chi connectivity index (χ2n) is 6.60. The van der Waals surface area contributed by atoms with E-state index in [1.807, 2.05) is 0 Å². The first-order valence-corrected chi connectivity index (χ1v) is 8.85. The molecule has 4 heterocycles. The first kappa shape index (κ1) is 14.9. The van der Waals surface area contributed by atoms with Crippen LogP contribution >= 0.6 is 0 Å². The highest BCUT2D eigenvalue weighted by molar-refractivity contribution is 5.32. The van der Waals surface area contributed by atoms with Gasteiger partial charge in [0.2, 0.25) is 0 Å². The van der Waals surface area contributed by atoms with Crippen LogP contribution in [0.4, 0.5) is 0 Å². The monoisotopic (exact) mass is 340 g/mol. The molecule has 4 nitrogen and oxygen atoms in total. The van der Waals surface area contributed by atoms with Gasteiger partial charge in [0.1, 0.15) is 37.9 Å². The van der Waals surface area contributed by atoms with Crippen molar-refractivity contribution in [2.24, 2.45) is 0 Å². The Hall–Kier alpha value is -3.40. The fourth-order valence-electron chi connectivity index (χ4n) is 3.50. The molecule has 5 rings (SSSR count). The molecule has 0 fully saturated rings. The molecule has 0 spiro atoms. The van der Waals surface area contributed by atoms with Crippen LogP contribution in [0.5, 0.6) is 0 Å². The third kappa shape index (κ3) is 2.65.